The van der Waals surface area contributed by atoms with Gasteiger partial charge in [0.15, 0.2) is 0 Å². The van der Waals surface area contributed by atoms with E-state index >= 15 is 0 Å². The Balaban J connectivity index is 1.57. The largest absolute Gasteiger partial charge is 0.461 e. The number of carbonyl (C=O) groups excluding carboxylic acids is 1. The van der Waals surface area contributed by atoms with Gasteiger partial charge in [0.1, 0.15) is 17.3 Å². The number of rotatable bonds is 7. The van der Waals surface area contributed by atoms with Crippen LogP contribution in [0.5, 0.6) is 0 Å². The first-order valence-electron chi connectivity index (χ1n) is 8.36. The normalized spacial score (nSPS) is 16.6. The lowest BCUT2D eigenvalue weighted by Crippen LogP contribution is -2.53. The van der Waals surface area contributed by atoms with Crippen molar-refractivity contribution in [2.75, 3.05) is 6.54 Å². The second-order valence-electron chi connectivity index (χ2n) is 6.69. The van der Waals surface area contributed by atoms with Crippen molar-refractivity contribution in [2.45, 2.75) is 38.1 Å². The topological polar surface area (TPSA) is 68.3 Å². The predicted molar refractivity (Wildman–Crippen MR) is 90.7 cm³/mol. The summed E-state index contributed by atoms with van der Waals surface area (Å²) in [4.78, 5) is 12.2. The van der Waals surface area contributed by atoms with Gasteiger partial charge in [0.25, 0.3) is 0 Å². The van der Waals surface area contributed by atoms with Crippen LogP contribution in [-0.2, 0) is 11.2 Å². The molecule has 1 aliphatic carbocycles. The second-order valence-corrected chi connectivity index (χ2v) is 6.69. The van der Waals surface area contributed by atoms with Crippen LogP contribution in [0.4, 0.5) is 4.39 Å². The molecule has 1 unspecified atom stereocenters. The number of halogens is 1. The summed E-state index contributed by atoms with van der Waals surface area (Å²) in [6, 6.07) is 10.0. The van der Waals surface area contributed by atoms with Gasteiger partial charge >= 0.3 is 0 Å². The first-order valence-corrected chi connectivity index (χ1v) is 8.36. The van der Waals surface area contributed by atoms with Crippen molar-refractivity contribution in [3.05, 3.63) is 48.0 Å². The lowest BCUT2D eigenvalue weighted by atomic mass is 9.95. The predicted octanol–water partition coefficient (Wildman–Crippen LogP) is 3.26. The number of hydrogen-bond donors (Lipinski definition) is 2. The molecule has 4 nitrogen and oxygen atoms in total. The average Bonchev–Trinajstić information content (AvgIpc) is 3.33. The summed E-state index contributed by atoms with van der Waals surface area (Å²) in [7, 11) is 0. The molecule has 0 bridgehead atoms. The molecule has 3 N–H and O–H groups in total. The Hall–Kier alpha value is -2.14. The van der Waals surface area contributed by atoms with Crippen molar-refractivity contribution >= 4 is 5.91 Å². The third-order valence-corrected chi connectivity index (χ3v) is 4.73. The van der Waals surface area contributed by atoms with Crippen LogP contribution in [0.15, 0.2) is 40.8 Å². The van der Waals surface area contributed by atoms with Gasteiger partial charge in [-0.15, -0.1) is 0 Å². The van der Waals surface area contributed by atoms with Crippen molar-refractivity contribution in [1.82, 2.24) is 5.32 Å². The molecule has 0 spiro atoms. The van der Waals surface area contributed by atoms with Crippen molar-refractivity contribution in [1.29, 1.82) is 0 Å². The molecule has 24 heavy (non-hydrogen) atoms. The molecule has 1 heterocycles. The van der Waals surface area contributed by atoms with E-state index in [2.05, 4.69) is 5.32 Å². The van der Waals surface area contributed by atoms with Crippen LogP contribution in [0.2, 0.25) is 0 Å². The van der Waals surface area contributed by atoms with Gasteiger partial charge in [-0.05, 0) is 49.9 Å². The Morgan fingerprint density at radius 1 is 1.33 bits per heavy atom. The molecule has 3 rings (SSSR count). The fourth-order valence-electron chi connectivity index (χ4n) is 2.98. The van der Waals surface area contributed by atoms with Gasteiger partial charge in [-0.25, -0.2) is 4.39 Å². The number of aryl methyl sites for hydroxylation is 1. The van der Waals surface area contributed by atoms with E-state index in [1.165, 1.54) is 6.07 Å². The maximum absolute atomic E-state index is 13.8. The molecule has 1 saturated carbocycles. The number of furan rings is 1. The van der Waals surface area contributed by atoms with Gasteiger partial charge in [-0.3, -0.25) is 4.79 Å². The Labute approximate surface area is 141 Å². The second kappa shape index (κ2) is 6.77. The minimum absolute atomic E-state index is 0.0290. The number of hydrogen-bond acceptors (Lipinski definition) is 3. The Bertz CT molecular complexity index is 724. The third-order valence-electron chi connectivity index (χ3n) is 4.73. The van der Waals surface area contributed by atoms with Gasteiger partial charge in [0.2, 0.25) is 5.91 Å². The smallest absolute Gasteiger partial charge is 0.220 e. The molecule has 0 aliphatic heterocycles. The molecule has 1 aromatic carbocycles. The summed E-state index contributed by atoms with van der Waals surface area (Å²) < 4.78 is 19.4. The Morgan fingerprint density at radius 3 is 2.75 bits per heavy atom. The van der Waals surface area contributed by atoms with Crippen LogP contribution in [0, 0.1) is 11.7 Å². The van der Waals surface area contributed by atoms with E-state index in [1.807, 2.05) is 6.92 Å². The first-order chi connectivity index (χ1) is 11.5. The first kappa shape index (κ1) is 16.7. The Morgan fingerprint density at radius 2 is 2.08 bits per heavy atom. The van der Waals surface area contributed by atoms with Crippen molar-refractivity contribution in [2.24, 2.45) is 11.7 Å². The summed E-state index contributed by atoms with van der Waals surface area (Å²) in [5.41, 5.74) is 5.94. The zero-order valence-corrected chi connectivity index (χ0v) is 13.8. The maximum atomic E-state index is 13.8. The molecule has 1 amide bonds. The van der Waals surface area contributed by atoms with Crippen molar-refractivity contribution in [3.8, 4) is 11.3 Å². The fraction of sp³-hybridized carbons (Fsp3) is 0.421. The van der Waals surface area contributed by atoms with Crippen molar-refractivity contribution in [3.63, 3.8) is 0 Å². The SMILES string of the molecule is CC(CN)(NC(=O)CCc1ccc(-c2ccccc2F)o1)C1CC1. The highest BCUT2D eigenvalue weighted by Crippen LogP contribution is 2.39. The van der Waals surface area contributed by atoms with E-state index in [1.54, 1.807) is 30.3 Å². The molecule has 2 aromatic rings. The van der Waals surface area contributed by atoms with Gasteiger partial charge in [-0.1, -0.05) is 12.1 Å². The molecule has 0 radical (unpaired) electrons. The zero-order chi connectivity index (χ0) is 17.2. The zero-order valence-electron chi connectivity index (χ0n) is 13.8. The van der Waals surface area contributed by atoms with E-state index in [4.69, 9.17) is 10.2 Å². The highest BCUT2D eigenvalue weighted by Gasteiger charge is 2.41. The molecule has 5 heteroatoms. The monoisotopic (exact) mass is 330 g/mol. The van der Waals surface area contributed by atoms with Crippen LogP contribution in [0.1, 0.15) is 31.9 Å². The lowest BCUT2D eigenvalue weighted by molar-refractivity contribution is -0.123. The summed E-state index contributed by atoms with van der Waals surface area (Å²) >= 11 is 0. The summed E-state index contributed by atoms with van der Waals surface area (Å²) in [6.07, 6.45) is 3.05. The number of carbonyl (C=O) groups is 1. The fourth-order valence-corrected chi connectivity index (χ4v) is 2.98. The lowest BCUT2D eigenvalue weighted by Gasteiger charge is -2.29. The number of nitrogens with two attached hydrogens (primary N) is 1. The Kier molecular flexibility index (Phi) is 4.71. The highest BCUT2D eigenvalue weighted by molar-refractivity contribution is 5.77. The molecular formula is C19H23FN2O2. The minimum Gasteiger partial charge on any atom is -0.461 e. The minimum atomic E-state index is -0.320. The van der Waals surface area contributed by atoms with Crippen LogP contribution in [0.25, 0.3) is 11.3 Å². The molecule has 0 saturated heterocycles. The van der Waals surface area contributed by atoms with Crippen LogP contribution >= 0.6 is 0 Å². The van der Waals surface area contributed by atoms with Crippen LogP contribution in [-0.4, -0.2) is 18.0 Å². The van der Waals surface area contributed by atoms with E-state index in [0.29, 0.717) is 42.4 Å². The molecule has 1 fully saturated rings. The van der Waals surface area contributed by atoms with E-state index in [0.717, 1.165) is 12.8 Å². The molecular weight excluding hydrogens is 307 g/mol. The quantitative estimate of drug-likeness (QED) is 0.819. The number of nitrogens with one attached hydrogen (secondary N) is 1. The molecule has 128 valence electrons. The van der Waals surface area contributed by atoms with Gasteiger partial charge in [-0.2, -0.15) is 0 Å². The van der Waals surface area contributed by atoms with Gasteiger partial charge in [0.05, 0.1) is 11.1 Å². The van der Waals surface area contributed by atoms with E-state index in [9.17, 15) is 9.18 Å². The molecule has 1 aromatic heterocycles. The molecule has 1 atom stereocenters. The summed E-state index contributed by atoms with van der Waals surface area (Å²) in [5.74, 6) is 1.29. The van der Waals surface area contributed by atoms with Gasteiger partial charge < -0.3 is 15.5 Å². The van der Waals surface area contributed by atoms with Crippen LogP contribution in [0.3, 0.4) is 0 Å². The molecule has 1 aliphatic rings. The van der Waals surface area contributed by atoms with E-state index in [-0.39, 0.29) is 17.3 Å². The standard InChI is InChI=1S/C19H23FN2O2/c1-19(12-21,13-6-7-13)22-18(23)11-9-14-8-10-17(24-14)15-4-2-3-5-16(15)20/h2-5,8,10,13H,6-7,9,11-12,21H2,1H3,(H,22,23). The summed E-state index contributed by atoms with van der Waals surface area (Å²) in [6.45, 7) is 2.45. The number of benzene rings is 1. The van der Waals surface area contributed by atoms with Crippen molar-refractivity contribution < 1.29 is 13.6 Å². The van der Waals surface area contributed by atoms with Crippen LogP contribution < -0.4 is 11.1 Å². The third kappa shape index (κ3) is 3.67. The number of amides is 1. The highest BCUT2D eigenvalue weighted by atomic mass is 19.1. The maximum Gasteiger partial charge on any atom is 0.220 e. The summed E-state index contributed by atoms with van der Waals surface area (Å²) in [5, 5.41) is 3.06. The average molecular weight is 330 g/mol. The van der Waals surface area contributed by atoms with E-state index < -0.39 is 0 Å². The van der Waals surface area contributed by atoms with Gasteiger partial charge in [0, 0.05) is 19.4 Å².